The Hall–Kier alpha value is -1.39. The summed E-state index contributed by atoms with van der Waals surface area (Å²) in [5.41, 5.74) is 1.22. The van der Waals surface area contributed by atoms with Gasteiger partial charge in [-0.05, 0) is 12.1 Å². The minimum absolute atomic E-state index is 0.0599. The largest absolute Gasteiger partial charge is 0.294 e. The third-order valence-corrected chi connectivity index (χ3v) is 2.05. The van der Waals surface area contributed by atoms with E-state index in [0.717, 1.165) is 0 Å². The van der Waals surface area contributed by atoms with E-state index >= 15 is 0 Å². The van der Waals surface area contributed by atoms with Gasteiger partial charge in [0.2, 0.25) is 0 Å². The fourth-order valence-corrected chi connectivity index (χ4v) is 1.33. The van der Waals surface area contributed by atoms with E-state index in [4.69, 9.17) is 9.68 Å². The van der Waals surface area contributed by atoms with Crippen LogP contribution in [0.1, 0.15) is 23.7 Å². The molecule has 0 aliphatic heterocycles. The summed E-state index contributed by atoms with van der Waals surface area (Å²) in [6, 6.07) is 7.17. The van der Waals surface area contributed by atoms with Crippen LogP contribution in [-0.4, -0.2) is 20.0 Å². The standard InChI is InChI=1S/C11H15NO3/c1-4-11(13)9-7-5-6-8-10(9)12(14-2)15-3/h5-8H,4H2,1-3H3. The summed E-state index contributed by atoms with van der Waals surface area (Å²) < 4.78 is 0. The molecule has 15 heavy (non-hydrogen) atoms. The van der Waals surface area contributed by atoms with Crippen LogP contribution in [0.5, 0.6) is 0 Å². The maximum Gasteiger partial charge on any atom is 0.164 e. The summed E-state index contributed by atoms with van der Waals surface area (Å²) in [4.78, 5) is 21.6. The summed E-state index contributed by atoms with van der Waals surface area (Å²) in [6.45, 7) is 1.82. The Morgan fingerprint density at radius 3 is 2.40 bits per heavy atom. The minimum atomic E-state index is 0.0599. The van der Waals surface area contributed by atoms with Gasteiger partial charge in [-0.15, -0.1) is 5.23 Å². The minimum Gasteiger partial charge on any atom is -0.294 e. The average molecular weight is 209 g/mol. The molecule has 0 fully saturated rings. The zero-order valence-electron chi connectivity index (χ0n) is 9.19. The van der Waals surface area contributed by atoms with E-state index in [2.05, 4.69) is 0 Å². The molecule has 0 aromatic heterocycles. The van der Waals surface area contributed by atoms with Crippen LogP contribution >= 0.6 is 0 Å². The van der Waals surface area contributed by atoms with Gasteiger partial charge < -0.3 is 0 Å². The van der Waals surface area contributed by atoms with Gasteiger partial charge >= 0.3 is 0 Å². The number of carbonyl (C=O) groups is 1. The molecule has 0 saturated heterocycles. The van der Waals surface area contributed by atoms with Crippen molar-refractivity contribution in [3.8, 4) is 0 Å². The SMILES string of the molecule is CCC(=O)c1ccccc1N(OC)OC. The number of nitrogens with zero attached hydrogens (tertiary/aromatic N) is 1. The predicted octanol–water partition coefficient (Wildman–Crippen LogP) is 2.21. The third-order valence-electron chi connectivity index (χ3n) is 2.05. The van der Waals surface area contributed by atoms with Gasteiger partial charge in [0, 0.05) is 12.0 Å². The van der Waals surface area contributed by atoms with Crippen molar-refractivity contribution in [2.75, 3.05) is 19.4 Å². The first-order chi connectivity index (χ1) is 7.24. The highest BCUT2D eigenvalue weighted by Gasteiger charge is 2.14. The summed E-state index contributed by atoms with van der Waals surface area (Å²) in [7, 11) is 2.97. The van der Waals surface area contributed by atoms with E-state index in [1.165, 1.54) is 19.4 Å². The highest BCUT2D eigenvalue weighted by molar-refractivity contribution is 6.00. The van der Waals surface area contributed by atoms with Crippen molar-refractivity contribution in [1.29, 1.82) is 0 Å². The first-order valence-electron chi connectivity index (χ1n) is 4.75. The highest BCUT2D eigenvalue weighted by atomic mass is 16.9. The molecule has 0 spiro atoms. The quantitative estimate of drug-likeness (QED) is 0.550. The molecule has 4 nitrogen and oxygen atoms in total. The Morgan fingerprint density at radius 2 is 1.87 bits per heavy atom. The van der Waals surface area contributed by atoms with Gasteiger partial charge in [-0.3, -0.25) is 14.5 Å². The summed E-state index contributed by atoms with van der Waals surface area (Å²) in [5.74, 6) is 0.0599. The molecule has 0 atom stereocenters. The predicted molar refractivity (Wildman–Crippen MR) is 57.6 cm³/mol. The Labute approximate surface area is 89.3 Å². The van der Waals surface area contributed by atoms with Gasteiger partial charge in [0.1, 0.15) is 5.69 Å². The summed E-state index contributed by atoms with van der Waals surface area (Å²) in [5, 5.41) is 1.21. The molecule has 0 N–H and O–H groups in total. The first kappa shape index (κ1) is 11.7. The topological polar surface area (TPSA) is 38.8 Å². The molecule has 0 bridgehead atoms. The first-order valence-corrected chi connectivity index (χ1v) is 4.75. The maximum absolute atomic E-state index is 11.6. The van der Waals surface area contributed by atoms with Gasteiger partial charge in [0.25, 0.3) is 0 Å². The zero-order chi connectivity index (χ0) is 11.3. The summed E-state index contributed by atoms with van der Waals surface area (Å²) in [6.07, 6.45) is 0.457. The number of hydrogen-bond donors (Lipinski definition) is 0. The van der Waals surface area contributed by atoms with Crippen molar-refractivity contribution >= 4 is 11.5 Å². The van der Waals surface area contributed by atoms with Crippen molar-refractivity contribution in [1.82, 2.24) is 0 Å². The van der Waals surface area contributed by atoms with Crippen LogP contribution in [0.15, 0.2) is 24.3 Å². The number of hydrogen-bond acceptors (Lipinski definition) is 4. The highest BCUT2D eigenvalue weighted by Crippen LogP contribution is 2.21. The van der Waals surface area contributed by atoms with Crippen LogP contribution in [0.3, 0.4) is 0 Å². The van der Waals surface area contributed by atoms with Crippen LogP contribution in [0.4, 0.5) is 5.69 Å². The van der Waals surface area contributed by atoms with E-state index in [-0.39, 0.29) is 5.78 Å². The molecule has 0 heterocycles. The zero-order valence-corrected chi connectivity index (χ0v) is 9.19. The van der Waals surface area contributed by atoms with E-state index in [1.54, 1.807) is 12.1 Å². The Morgan fingerprint density at radius 1 is 1.27 bits per heavy atom. The lowest BCUT2D eigenvalue weighted by atomic mass is 10.1. The fourth-order valence-electron chi connectivity index (χ4n) is 1.33. The number of anilines is 1. The molecule has 82 valence electrons. The Balaban J connectivity index is 3.10. The molecular formula is C11H15NO3. The van der Waals surface area contributed by atoms with E-state index < -0.39 is 0 Å². The molecular weight excluding hydrogens is 194 g/mol. The van der Waals surface area contributed by atoms with Crippen molar-refractivity contribution < 1.29 is 14.5 Å². The normalized spacial score (nSPS) is 10.1. The van der Waals surface area contributed by atoms with Crippen LogP contribution in [0.25, 0.3) is 0 Å². The molecule has 1 rings (SSSR count). The fraction of sp³-hybridized carbons (Fsp3) is 0.364. The molecule has 0 aliphatic rings. The Kier molecular flexibility index (Phi) is 4.27. The van der Waals surface area contributed by atoms with Crippen molar-refractivity contribution in [3.63, 3.8) is 0 Å². The van der Waals surface area contributed by atoms with Crippen LogP contribution in [0, 0.1) is 0 Å². The summed E-state index contributed by atoms with van der Waals surface area (Å²) >= 11 is 0. The van der Waals surface area contributed by atoms with E-state index in [1.807, 2.05) is 19.1 Å². The molecule has 1 aromatic rings. The molecule has 4 heteroatoms. The lowest BCUT2D eigenvalue weighted by Crippen LogP contribution is -2.22. The Bertz CT molecular complexity index is 334. The molecule has 0 unspecified atom stereocenters. The second kappa shape index (κ2) is 5.48. The van der Waals surface area contributed by atoms with Crippen molar-refractivity contribution in [2.45, 2.75) is 13.3 Å². The van der Waals surface area contributed by atoms with Crippen LogP contribution in [0.2, 0.25) is 0 Å². The van der Waals surface area contributed by atoms with Crippen molar-refractivity contribution in [3.05, 3.63) is 29.8 Å². The van der Waals surface area contributed by atoms with Gasteiger partial charge in [-0.2, -0.15) is 0 Å². The molecule has 0 radical (unpaired) electrons. The van der Waals surface area contributed by atoms with Crippen LogP contribution < -0.4 is 5.23 Å². The van der Waals surface area contributed by atoms with Crippen LogP contribution in [-0.2, 0) is 9.68 Å². The second-order valence-electron chi connectivity index (χ2n) is 2.92. The van der Waals surface area contributed by atoms with Gasteiger partial charge in [-0.1, -0.05) is 19.1 Å². The number of rotatable bonds is 5. The van der Waals surface area contributed by atoms with Crippen molar-refractivity contribution in [2.24, 2.45) is 0 Å². The third kappa shape index (κ3) is 2.55. The average Bonchev–Trinajstić information content (AvgIpc) is 2.30. The number of benzene rings is 1. The van der Waals surface area contributed by atoms with Gasteiger partial charge in [-0.25, -0.2) is 0 Å². The smallest absolute Gasteiger partial charge is 0.164 e. The number of para-hydroxylation sites is 1. The van der Waals surface area contributed by atoms with Gasteiger partial charge in [0.15, 0.2) is 5.78 Å². The number of carbonyl (C=O) groups excluding carboxylic acids is 1. The second-order valence-corrected chi connectivity index (χ2v) is 2.92. The monoisotopic (exact) mass is 209 g/mol. The lowest BCUT2D eigenvalue weighted by Gasteiger charge is -2.20. The molecule has 1 aromatic carbocycles. The molecule has 0 aliphatic carbocycles. The molecule has 0 amide bonds. The lowest BCUT2D eigenvalue weighted by molar-refractivity contribution is -0.0435. The maximum atomic E-state index is 11.6. The number of Topliss-reactive ketones (excluding diaryl/α,β-unsaturated/α-hetero) is 1. The molecule has 0 saturated carbocycles. The van der Waals surface area contributed by atoms with E-state index in [0.29, 0.717) is 17.7 Å². The number of ketones is 1. The van der Waals surface area contributed by atoms with Gasteiger partial charge in [0.05, 0.1) is 14.2 Å². The van der Waals surface area contributed by atoms with E-state index in [9.17, 15) is 4.79 Å².